The highest BCUT2D eigenvalue weighted by atomic mass is 32.2. The van der Waals surface area contributed by atoms with E-state index in [0.29, 0.717) is 0 Å². The van der Waals surface area contributed by atoms with Crippen LogP contribution in [0.5, 0.6) is 0 Å². The summed E-state index contributed by atoms with van der Waals surface area (Å²) in [7, 11) is -3.62. The van der Waals surface area contributed by atoms with Crippen molar-refractivity contribution >= 4 is 26.9 Å². The van der Waals surface area contributed by atoms with Gasteiger partial charge >= 0.3 is 0 Å². The lowest BCUT2D eigenvalue weighted by molar-refractivity contribution is 0.591. The lowest BCUT2D eigenvalue weighted by Gasteiger charge is -2.06. The molecule has 0 atom stereocenters. The van der Waals surface area contributed by atoms with Crippen LogP contribution in [0.25, 0.3) is 0 Å². The first-order valence-electron chi connectivity index (χ1n) is 5.77. The number of nitrogen functional groups attached to an aromatic ring is 1. The monoisotopic (exact) mass is 299 g/mol. The van der Waals surface area contributed by atoms with Crippen LogP contribution in [0.2, 0.25) is 0 Å². The Hall–Kier alpha value is -1.40. The SMILES string of the molecule is CCc1ccc(CS(=O)(=O)c2cc(F)ccc2N)s1. The first kappa shape index (κ1) is 14.0. The fourth-order valence-corrected chi connectivity index (χ4v) is 4.53. The lowest BCUT2D eigenvalue weighted by Crippen LogP contribution is -2.07. The van der Waals surface area contributed by atoms with E-state index in [9.17, 15) is 12.8 Å². The highest BCUT2D eigenvalue weighted by molar-refractivity contribution is 7.91. The molecule has 6 heteroatoms. The second-order valence-electron chi connectivity index (χ2n) is 4.16. The third-order valence-corrected chi connectivity index (χ3v) is 5.84. The Labute approximate surface area is 115 Å². The first-order chi connectivity index (χ1) is 8.92. The maximum absolute atomic E-state index is 13.2. The maximum Gasteiger partial charge on any atom is 0.185 e. The molecule has 0 aliphatic rings. The highest BCUT2D eigenvalue weighted by Gasteiger charge is 2.20. The van der Waals surface area contributed by atoms with Gasteiger partial charge in [-0.05, 0) is 36.8 Å². The summed E-state index contributed by atoms with van der Waals surface area (Å²) in [6.07, 6.45) is 0.868. The van der Waals surface area contributed by atoms with Crippen molar-refractivity contribution in [3.05, 3.63) is 45.9 Å². The summed E-state index contributed by atoms with van der Waals surface area (Å²) in [5, 5.41) is 0. The second-order valence-corrected chi connectivity index (χ2v) is 7.37. The van der Waals surface area contributed by atoms with Crippen molar-refractivity contribution < 1.29 is 12.8 Å². The van der Waals surface area contributed by atoms with Gasteiger partial charge in [-0.15, -0.1) is 11.3 Å². The van der Waals surface area contributed by atoms with Gasteiger partial charge in [-0.1, -0.05) is 6.92 Å². The molecule has 0 aliphatic heterocycles. The number of sulfone groups is 1. The fraction of sp³-hybridized carbons (Fsp3) is 0.231. The average molecular weight is 299 g/mol. The van der Waals surface area contributed by atoms with Gasteiger partial charge in [0.15, 0.2) is 9.84 Å². The van der Waals surface area contributed by atoms with E-state index >= 15 is 0 Å². The van der Waals surface area contributed by atoms with Crippen LogP contribution in [0.15, 0.2) is 35.2 Å². The average Bonchev–Trinajstić information content (AvgIpc) is 2.79. The summed E-state index contributed by atoms with van der Waals surface area (Å²) in [4.78, 5) is 1.72. The van der Waals surface area contributed by atoms with Crippen LogP contribution in [0.4, 0.5) is 10.1 Å². The van der Waals surface area contributed by atoms with Gasteiger partial charge in [0.1, 0.15) is 5.82 Å². The zero-order valence-corrected chi connectivity index (χ0v) is 12.0. The van der Waals surface area contributed by atoms with Gasteiger partial charge in [0.05, 0.1) is 16.3 Å². The Morgan fingerprint density at radius 2 is 1.89 bits per heavy atom. The van der Waals surface area contributed by atoms with Crippen LogP contribution in [-0.2, 0) is 22.0 Å². The summed E-state index contributed by atoms with van der Waals surface area (Å²) in [5.41, 5.74) is 5.70. The molecule has 0 unspecified atom stereocenters. The zero-order chi connectivity index (χ0) is 14.0. The van der Waals surface area contributed by atoms with Crippen LogP contribution in [0, 0.1) is 5.82 Å². The standard InChI is InChI=1S/C13H14FNO2S2/c1-2-10-4-5-11(18-10)8-19(16,17)13-7-9(14)3-6-12(13)15/h3-7H,2,8,15H2,1H3. The Bertz CT molecular complexity index is 692. The van der Waals surface area contributed by atoms with Crippen molar-refractivity contribution in [2.24, 2.45) is 0 Å². The highest BCUT2D eigenvalue weighted by Crippen LogP contribution is 2.26. The number of hydrogen-bond donors (Lipinski definition) is 1. The molecule has 0 fully saturated rings. The molecule has 0 saturated heterocycles. The number of thiophene rings is 1. The molecule has 0 bridgehead atoms. The molecular formula is C13H14FNO2S2. The van der Waals surface area contributed by atoms with Crippen LogP contribution in [-0.4, -0.2) is 8.42 Å². The van der Waals surface area contributed by atoms with Crippen molar-refractivity contribution in [2.75, 3.05) is 5.73 Å². The van der Waals surface area contributed by atoms with E-state index in [0.717, 1.165) is 28.3 Å². The van der Waals surface area contributed by atoms with Crippen LogP contribution < -0.4 is 5.73 Å². The summed E-state index contributed by atoms with van der Waals surface area (Å²) in [6, 6.07) is 7.09. The minimum Gasteiger partial charge on any atom is -0.398 e. The Morgan fingerprint density at radius 3 is 2.53 bits per heavy atom. The minimum absolute atomic E-state index is 0.0775. The second kappa shape index (κ2) is 5.30. The van der Waals surface area contributed by atoms with E-state index < -0.39 is 15.7 Å². The third-order valence-electron chi connectivity index (χ3n) is 2.71. The topological polar surface area (TPSA) is 60.2 Å². The number of anilines is 1. The number of aryl methyl sites for hydroxylation is 1. The molecule has 2 aromatic rings. The van der Waals surface area contributed by atoms with Gasteiger partial charge in [-0.25, -0.2) is 12.8 Å². The molecular weight excluding hydrogens is 285 g/mol. The van der Waals surface area contributed by atoms with Crippen LogP contribution in [0.3, 0.4) is 0 Å². The smallest absolute Gasteiger partial charge is 0.185 e. The molecule has 19 heavy (non-hydrogen) atoms. The van der Waals surface area contributed by atoms with E-state index in [2.05, 4.69) is 0 Å². The van der Waals surface area contributed by atoms with Gasteiger partial charge in [-0.2, -0.15) is 0 Å². The molecule has 3 nitrogen and oxygen atoms in total. The fourth-order valence-electron chi connectivity index (χ4n) is 1.73. The normalized spacial score (nSPS) is 11.7. The molecule has 0 radical (unpaired) electrons. The van der Waals surface area contributed by atoms with E-state index in [-0.39, 0.29) is 16.3 Å². The minimum atomic E-state index is -3.62. The molecule has 0 aliphatic carbocycles. The predicted molar refractivity (Wildman–Crippen MR) is 75.4 cm³/mol. The predicted octanol–water partition coefficient (Wildman–Crippen LogP) is 3.01. The van der Waals surface area contributed by atoms with Crippen molar-refractivity contribution in [3.8, 4) is 0 Å². The quantitative estimate of drug-likeness (QED) is 0.883. The van der Waals surface area contributed by atoms with Gasteiger partial charge < -0.3 is 5.73 Å². The number of hydrogen-bond acceptors (Lipinski definition) is 4. The molecule has 0 saturated carbocycles. The van der Waals surface area contributed by atoms with E-state index in [1.165, 1.54) is 17.4 Å². The number of benzene rings is 1. The third kappa shape index (κ3) is 3.13. The molecule has 102 valence electrons. The zero-order valence-electron chi connectivity index (χ0n) is 10.4. The Kier molecular flexibility index (Phi) is 3.91. The molecule has 2 N–H and O–H groups in total. The molecule has 1 heterocycles. The van der Waals surface area contributed by atoms with Crippen LogP contribution in [0.1, 0.15) is 16.7 Å². The van der Waals surface area contributed by atoms with Crippen molar-refractivity contribution in [1.82, 2.24) is 0 Å². The Morgan fingerprint density at radius 1 is 1.21 bits per heavy atom. The van der Waals surface area contributed by atoms with Crippen molar-refractivity contribution in [3.63, 3.8) is 0 Å². The van der Waals surface area contributed by atoms with E-state index in [4.69, 9.17) is 5.73 Å². The summed E-state index contributed by atoms with van der Waals surface area (Å²) >= 11 is 1.45. The molecule has 0 amide bonds. The molecule has 0 spiro atoms. The molecule has 1 aromatic heterocycles. The maximum atomic E-state index is 13.2. The number of halogens is 1. The Balaban J connectivity index is 2.34. The lowest BCUT2D eigenvalue weighted by atomic mass is 10.3. The summed E-state index contributed by atoms with van der Waals surface area (Å²) < 4.78 is 37.6. The molecule has 2 rings (SSSR count). The van der Waals surface area contributed by atoms with Crippen molar-refractivity contribution in [2.45, 2.75) is 24.0 Å². The largest absolute Gasteiger partial charge is 0.398 e. The van der Waals surface area contributed by atoms with Gasteiger partial charge in [0.2, 0.25) is 0 Å². The summed E-state index contributed by atoms with van der Waals surface area (Å²) in [5.74, 6) is -0.751. The summed E-state index contributed by atoms with van der Waals surface area (Å²) in [6.45, 7) is 2.01. The molecule has 1 aromatic carbocycles. The van der Waals surface area contributed by atoms with E-state index in [1.54, 1.807) is 6.07 Å². The number of nitrogens with two attached hydrogens (primary N) is 1. The van der Waals surface area contributed by atoms with Crippen molar-refractivity contribution in [1.29, 1.82) is 0 Å². The first-order valence-corrected chi connectivity index (χ1v) is 8.24. The number of rotatable bonds is 4. The van der Waals surface area contributed by atoms with Gasteiger partial charge in [0, 0.05) is 9.75 Å². The van der Waals surface area contributed by atoms with Gasteiger partial charge in [0.25, 0.3) is 0 Å². The van der Waals surface area contributed by atoms with E-state index in [1.807, 2.05) is 13.0 Å². The van der Waals surface area contributed by atoms with Gasteiger partial charge in [-0.3, -0.25) is 0 Å². The van der Waals surface area contributed by atoms with Crippen LogP contribution >= 0.6 is 11.3 Å².